The van der Waals surface area contributed by atoms with Gasteiger partial charge in [0.05, 0.1) is 27.8 Å². The highest BCUT2D eigenvalue weighted by Crippen LogP contribution is 2.52. The molecule has 15 rings (SSSR count). The van der Waals surface area contributed by atoms with E-state index in [0.29, 0.717) is 0 Å². The van der Waals surface area contributed by atoms with Crippen molar-refractivity contribution in [1.29, 1.82) is 0 Å². The number of anilines is 3. The van der Waals surface area contributed by atoms with Crippen molar-refractivity contribution in [2.75, 3.05) is 4.90 Å². The summed E-state index contributed by atoms with van der Waals surface area (Å²) in [5, 5.41) is 10.4. The summed E-state index contributed by atoms with van der Waals surface area (Å²) in [6.07, 6.45) is 0. The van der Waals surface area contributed by atoms with Crippen LogP contribution in [0.15, 0.2) is 182 Å². The molecule has 68 heavy (non-hydrogen) atoms. The highest BCUT2D eigenvalue weighted by Gasteiger charge is 2.44. The van der Waals surface area contributed by atoms with Crippen LogP contribution >= 0.6 is 0 Å². The molecule has 2 aliphatic heterocycles. The lowest BCUT2D eigenvalue weighted by molar-refractivity contribution is 0.590. The number of fused-ring (bicyclic) bond motifs is 13. The Kier molecular flexibility index (Phi) is 7.32. The van der Waals surface area contributed by atoms with Crippen LogP contribution in [0, 0.1) is 0 Å². The molecule has 0 spiro atoms. The SMILES string of the molecule is CC(C)(C)c1ccc(N2c3ccc(C(C)(C)C)cc3B3c4c2cc(-n2c5ccccc5c5c6ccccc6ccc52)cc4-n2c4cccc5c4c4c6c(cccc6cc3c42)-c2ccccc2-5)cc1. The molecule has 0 amide bonds. The van der Waals surface area contributed by atoms with Crippen molar-refractivity contribution in [3.63, 3.8) is 0 Å². The average molecular weight is 870 g/mol. The Labute approximate surface area is 396 Å². The lowest BCUT2D eigenvalue weighted by atomic mass is 9.33. The van der Waals surface area contributed by atoms with Crippen LogP contribution in [-0.2, 0) is 10.8 Å². The standard InChI is InChI=1S/C64H48BN3/c1-63(2,3)39-26-29-41(30-27-39)66-52-32-28-40(64(4,5)6)34-49(52)65-50-33-38-16-13-21-46-44-18-9-10-19-45(44)47-22-14-24-53-59(47)60(57(38)46)62(50)68(53)56-36-42(35-55(66)61(56)65)67-51-23-12-11-20-48(51)58-43-17-8-7-15-37(43)25-31-54(58)67/h7-36H,1-6H3. The van der Waals surface area contributed by atoms with E-state index in [1.165, 1.54) is 138 Å². The van der Waals surface area contributed by atoms with E-state index >= 15 is 0 Å². The van der Waals surface area contributed by atoms with Gasteiger partial charge in [0.1, 0.15) is 0 Å². The number of hydrogen-bond donors (Lipinski definition) is 0. The van der Waals surface area contributed by atoms with Gasteiger partial charge < -0.3 is 14.0 Å². The molecule has 12 aromatic rings. The molecule has 0 saturated heterocycles. The van der Waals surface area contributed by atoms with Gasteiger partial charge in [-0.15, -0.1) is 0 Å². The van der Waals surface area contributed by atoms with Crippen molar-refractivity contribution in [2.45, 2.75) is 52.4 Å². The fraction of sp³-hybridized carbons (Fsp3) is 0.125. The average Bonchev–Trinajstić information content (AvgIpc) is 3.84. The molecular weight excluding hydrogens is 822 g/mol. The van der Waals surface area contributed by atoms with Gasteiger partial charge in [-0.25, -0.2) is 0 Å². The van der Waals surface area contributed by atoms with Crippen molar-refractivity contribution >= 4 is 105 Å². The topological polar surface area (TPSA) is 13.1 Å². The van der Waals surface area contributed by atoms with Crippen LogP contribution in [0.5, 0.6) is 0 Å². The lowest BCUT2D eigenvalue weighted by Gasteiger charge is -2.41. The Morgan fingerprint density at radius 1 is 0.368 bits per heavy atom. The first-order valence-electron chi connectivity index (χ1n) is 24.3. The van der Waals surface area contributed by atoms with Gasteiger partial charge in [-0.3, -0.25) is 0 Å². The minimum atomic E-state index is -0.0432. The molecule has 0 radical (unpaired) electrons. The molecule has 3 nitrogen and oxygen atoms in total. The Hall–Kier alpha value is -7.82. The summed E-state index contributed by atoms with van der Waals surface area (Å²) >= 11 is 0. The van der Waals surface area contributed by atoms with Gasteiger partial charge in [-0.05, 0) is 131 Å². The summed E-state index contributed by atoms with van der Waals surface area (Å²) in [4.78, 5) is 2.59. The smallest absolute Gasteiger partial charge is 0.252 e. The minimum Gasteiger partial charge on any atom is -0.311 e. The molecular formula is C64H48BN3. The van der Waals surface area contributed by atoms with Gasteiger partial charge in [0.15, 0.2) is 0 Å². The first kappa shape index (κ1) is 38.3. The van der Waals surface area contributed by atoms with E-state index in [-0.39, 0.29) is 17.5 Å². The third kappa shape index (κ3) is 4.89. The Balaban J connectivity index is 1.15. The van der Waals surface area contributed by atoms with Crippen LogP contribution in [0.3, 0.4) is 0 Å². The Morgan fingerprint density at radius 2 is 0.985 bits per heavy atom. The van der Waals surface area contributed by atoms with Crippen LogP contribution in [0.4, 0.5) is 17.1 Å². The summed E-state index contributed by atoms with van der Waals surface area (Å²) in [7, 11) is 0. The van der Waals surface area contributed by atoms with E-state index in [9.17, 15) is 0 Å². The maximum Gasteiger partial charge on any atom is 0.252 e. The summed E-state index contributed by atoms with van der Waals surface area (Å²) in [6, 6.07) is 70.0. The number of rotatable bonds is 2. The summed E-state index contributed by atoms with van der Waals surface area (Å²) < 4.78 is 5.22. The van der Waals surface area contributed by atoms with Gasteiger partial charge >= 0.3 is 0 Å². The molecule has 0 unspecified atom stereocenters. The van der Waals surface area contributed by atoms with Gasteiger partial charge in [0.2, 0.25) is 0 Å². The monoisotopic (exact) mass is 869 g/mol. The van der Waals surface area contributed by atoms with Crippen LogP contribution in [-0.4, -0.2) is 15.8 Å². The Morgan fingerprint density at radius 3 is 1.76 bits per heavy atom. The van der Waals surface area contributed by atoms with E-state index in [1.54, 1.807) is 0 Å². The number of hydrogen-bond acceptors (Lipinski definition) is 1. The van der Waals surface area contributed by atoms with Crippen molar-refractivity contribution in [1.82, 2.24) is 9.13 Å². The normalized spacial score (nSPS) is 13.7. The van der Waals surface area contributed by atoms with Crippen LogP contribution in [0.1, 0.15) is 52.7 Å². The predicted molar refractivity (Wildman–Crippen MR) is 291 cm³/mol. The second-order valence-electron chi connectivity index (χ2n) is 21.7. The molecule has 0 saturated carbocycles. The fourth-order valence-corrected chi connectivity index (χ4v) is 12.8. The number of benzene rings is 10. The number of para-hydroxylation sites is 1. The first-order valence-corrected chi connectivity index (χ1v) is 24.3. The molecule has 1 aliphatic carbocycles. The largest absolute Gasteiger partial charge is 0.311 e. The molecule has 0 atom stereocenters. The van der Waals surface area contributed by atoms with E-state index in [4.69, 9.17) is 0 Å². The van der Waals surface area contributed by atoms with E-state index in [1.807, 2.05) is 0 Å². The highest BCUT2D eigenvalue weighted by atomic mass is 15.2. The summed E-state index contributed by atoms with van der Waals surface area (Å²) in [5.41, 5.74) is 22.9. The van der Waals surface area contributed by atoms with Gasteiger partial charge in [0.25, 0.3) is 6.71 Å². The zero-order valence-electron chi connectivity index (χ0n) is 39.2. The first-order chi connectivity index (χ1) is 33.0. The van der Waals surface area contributed by atoms with Crippen molar-refractivity contribution in [2.24, 2.45) is 0 Å². The highest BCUT2D eigenvalue weighted by molar-refractivity contribution is 7.00. The lowest BCUT2D eigenvalue weighted by Crippen LogP contribution is -2.60. The third-order valence-electron chi connectivity index (χ3n) is 15.9. The molecule has 322 valence electrons. The van der Waals surface area contributed by atoms with Crippen molar-refractivity contribution in [3.05, 3.63) is 193 Å². The van der Waals surface area contributed by atoms with E-state index in [0.717, 1.165) is 5.69 Å². The maximum absolute atomic E-state index is 2.68. The van der Waals surface area contributed by atoms with Crippen LogP contribution in [0.25, 0.3) is 98.8 Å². The minimum absolute atomic E-state index is 0.0162. The molecule has 10 aromatic carbocycles. The molecule has 4 heterocycles. The quantitative estimate of drug-likeness (QED) is 0.158. The molecule has 0 bridgehead atoms. The molecule has 0 fully saturated rings. The Bertz CT molecular complexity index is 4230. The zero-order chi connectivity index (χ0) is 45.5. The third-order valence-corrected chi connectivity index (χ3v) is 15.9. The van der Waals surface area contributed by atoms with Gasteiger partial charge in [0, 0.05) is 44.3 Å². The second-order valence-corrected chi connectivity index (χ2v) is 21.7. The molecule has 2 aromatic heterocycles. The van der Waals surface area contributed by atoms with Crippen molar-refractivity contribution in [3.8, 4) is 33.6 Å². The second kappa shape index (κ2) is 13.0. The molecule has 3 aliphatic rings. The zero-order valence-corrected chi connectivity index (χ0v) is 39.2. The number of nitrogens with zero attached hydrogens (tertiary/aromatic N) is 3. The van der Waals surface area contributed by atoms with Gasteiger partial charge in [-0.1, -0.05) is 175 Å². The maximum atomic E-state index is 2.68. The van der Waals surface area contributed by atoms with Crippen LogP contribution < -0.4 is 21.3 Å². The fourth-order valence-electron chi connectivity index (χ4n) is 12.8. The predicted octanol–water partition coefficient (Wildman–Crippen LogP) is 15.0. The molecule has 4 heteroatoms. The van der Waals surface area contributed by atoms with E-state index < -0.39 is 0 Å². The summed E-state index contributed by atoms with van der Waals surface area (Å²) in [6.45, 7) is 14.0. The van der Waals surface area contributed by atoms with E-state index in [2.05, 4.69) is 238 Å². The number of aromatic nitrogens is 2. The molecule has 0 N–H and O–H groups in total. The summed E-state index contributed by atoms with van der Waals surface area (Å²) in [5.74, 6) is 0. The van der Waals surface area contributed by atoms with Crippen LogP contribution in [0.2, 0.25) is 0 Å². The van der Waals surface area contributed by atoms with Gasteiger partial charge in [-0.2, -0.15) is 0 Å². The van der Waals surface area contributed by atoms with Crippen molar-refractivity contribution < 1.29 is 0 Å².